The van der Waals surface area contributed by atoms with E-state index in [0.717, 1.165) is 5.57 Å². The first kappa shape index (κ1) is 28.4. The number of ether oxygens (including phenoxy) is 2. The van der Waals surface area contributed by atoms with Gasteiger partial charge in [-0.3, -0.25) is 4.79 Å². The summed E-state index contributed by atoms with van der Waals surface area (Å²) in [4.78, 5) is 12.7. The largest absolute Gasteiger partial charge is 0.396 e. The molecule has 0 aromatic heterocycles. The second kappa shape index (κ2) is 12.5. The molecule has 2 heterocycles. The van der Waals surface area contributed by atoms with Crippen LogP contribution < -0.4 is 11.1 Å². The molecule has 2 aliphatic heterocycles. The summed E-state index contributed by atoms with van der Waals surface area (Å²) in [7, 11) is 3.50. The molecule has 1 aliphatic carbocycles. The van der Waals surface area contributed by atoms with Crippen molar-refractivity contribution in [3.63, 3.8) is 0 Å². The van der Waals surface area contributed by atoms with E-state index in [1.54, 1.807) is 27.7 Å². The number of carbonyl (C=O) groups is 1. The molecule has 1 fully saturated rings. The SMILES string of the molecule is C#C/C=C\C#C[C@H](OC1CC(O)CC(C)O1)C1=C(N)C(=O)CC(C)/C1=C/CSSC1(C)Nc2ccccc21. The minimum atomic E-state index is -0.812. The summed E-state index contributed by atoms with van der Waals surface area (Å²) in [5, 5.41) is 13.8. The first-order valence-corrected chi connectivity index (χ1v) is 15.1. The number of carbonyl (C=O) groups excluding carboxylic acids is 1. The van der Waals surface area contributed by atoms with Gasteiger partial charge in [0.25, 0.3) is 0 Å². The molecular weight excluding hydrogens is 516 g/mol. The van der Waals surface area contributed by atoms with Crippen LogP contribution in [0.2, 0.25) is 0 Å². The van der Waals surface area contributed by atoms with Crippen LogP contribution in [0.25, 0.3) is 0 Å². The summed E-state index contributed by atoms with van der Waals surface area (Å²) in [6, 6.07) is 8.32. The van der Waals surface area contributed by atoms with Gasteiger partial charge in [-0.2, -0.15) is 0 Å². The Hall–Kier alpha value is -2.59. The zero-order chi connectivity index (χ0) is 27.3. The van der Waals surface area contributed by atoms with E-state index in [4.69, 9.17) is 21.6 Å². The van der Waals surface area contributed by atoms with Gasteiger partial charge in [-0.15, -0.1) is 6.42 Å². The number of fused-ring (bicyclic) bond motifs is 1. The number of aliphatic hydroxyl groups excluding tert-OH is 1. The van der Waals surface area contributed by atoms with Crippen LogP contribution in [0.3, 0.4) is 0 Å². The van der Waals surface area contributed by atoms with Gasteiger partial charge in [-0.25, -0.2) is 0 Å². The molecule has 6 atom stereocenters. The molecule has 0 bridgehead atoms. The highest BCUT2D eigenvalue weighted by Gasteiger charge is 2.39. The highest BCUT2D eigenvalue weighted by atomic mass is 33.1. The number of allylic oxidation sites excluding steroid dienone is 3. The number of hydrogen-bond acceptors (Lipinski definition) is 8. The maximum absolute atomic E-state index is 12.8. The third-order valence-electron chi connectivity index (χ3n) is 6.82. The smallest absolute Gasteiger partial charge is 0.179 e. The lowest BCUT2D eigenvalue weighted by Crippen LogP contribution is -2.39. The average Bonchev–Trinajstić information content (AvgIpc) is 2.85. The van der Waals surface area contributed by atoms with Gasteiger partial charge in [-0.05, 0) is 50.0 Å². The molecule has 1 aromatic carbocycles. The maximum Gasteiger partial charge on any atom is 0.179 e. The van der Waals surface area contributed by atoms with Crippen LogP contribution in [0.5, 0.6) is 0 Å². The second-order valence-electron chi connectivity index (χ2n) is 9.89. The van der Waals surface area contributed by atoms with Crippen molar-refractivity contribution in [1.29, 1.82) is 0 Å². The number of terminal acetylenes is 1. The molecule has 6 nitrogen and oxygen atoms in total. The fraction of sp³-hybridized carbons (Fsp3) is 0.433. The van der Waals surface area contributed by atoms with Gasteiger partial charge in [0.05, 0.1) is 17.9 Å². The molecule has 1 aromatic rings. The summed E-state index contributed by atoms with van der Waals surface area (Å²) in [6.07, 6.45) is 9.50. The van der Waals surface area contributed by atoms with Crippen molar-refractivity contribution in [1.82, 2.24) is 0 Å². The molecule has 1 saturated heterocycles. The molecule has 5 unspecified atom stereocenters. The van der Waals surface area contributed by atoms with E-state index in [-0.39, 0.29) is 28.4 Å². The number of ketones is 1. The Morgan fingerprint density at radius 2 is 2.13 bits per heavy atom. The number of nitrogens with one attached hydrogen (secondary N) is 1. The van der Waals surface area contributed by atoms with E-state index in [9.17, 15) is 9.90 Å². The Morgan fingerprint density at radius 3 is 2.87 bits per heavy atom. The van der Waals surface area contributed by atoms with Gasteiger partial charge in [0.2, 0.25) is 0 Å². The first-order valence-electron chi connectivity index (χ1n) is 12.7. The van der Waals surface area contributed by atoms with Gasteiger partial charge >= 0.3 is 0 Å². The summed E-state index contributed by atoms with van der Waals surface area (Å²) < 4.78 is 12.2. The number of benzene rings is 1. The zero-order valence-corrected chi connectivity index (χ0v) is 23.5. The molecule has 200 valence electrons. The lowest BCUT2D eigenvalue weighted by Gasteiger charge is -2.41. The number of anilines is 1. The normalized spacial score (nSPS) is 30.6. The van der Waals surface area contributed by atoms with Gasteiger partial charge in [0.1, 0.15) is 11.0 Å². The van der Waals surface area contributed by atoms with E-state index in [1.165, 1.54) is 17.3 Å². The van der Waals surface area contributed by atoms with Crippen molar-refractivity contribution in [2.75, 3.05) is 11.1 Å². The van der Waals surface area contributed by atoms with E-state index in [0.29, 0.717) is 30.6 Å². The average molecular weight is 551 g/mol. The van der Waals surface area contributed by atoms with Crippen LogP contribution in [0.4, 0.5) is 5.69 Å². The lowest BCUT2D eigenvalue weighted by atomic mass is 9.80. The molecule has 8 heteroatoms. The standard InChI is InChI=1S/C30H34N2O4S2/c1-5-6-7-8-13-26(36-27-18-21(33)17-20(3)35-27)28-22(19(2)16-25(34)29(28)31)14-15-37-38-30(4)23-11-9-10-12-24(23)32-30/h1,6-7,9-12,14,19-21,26-27,32-33H,15-18,31H2,2-4H3/b7-6-,22-14-/t19?,20?,21?,26-,27?,30?/m0/s1. The Balaban J connectivity index is 1.56. The second-order valence-corrected chi connectivity index (χ2v) is 12.7. The molecule has 0 amide bonds. The number of Topliss-reactive ketones (excluding diaryl/α,β-unsaturated/α-hetero) is 1. The monoisotopic (exact) mass is 550 g/mol. The van der Waals surface area contributed by atoms with Crippen molar-refractivity contribution in [3.05, 3.63) is 64.9 Å². The Bertz CT molecular complexity index is 1240. The van der Waals surface area contributed by atoms with E-state index in [2.05, 4.69) is 54.3 Å². The highest BCUT2D eigenvalue weighted by Crippen LogP contribution is 2.53. The maximum atomic E-state index is 12.8. The third kappa shape index (κ3) is 6.51. The van der Waals surface area contributed by atoms with Gasteiger partial charge in [0, 0.05) is 35.4 Å². The van der Waals surface area contributed by atoms with Crippen LogP contribution in [0, 0.1) is 30.1 Å². The minimum absolute atomic E-state index is 0.0421. The molecule has 38 heavy (non-hydrogen) atoms. The molecule has 0 saturated carbocycles. The van der Waals surface area contributed by atoms with Crippen LogP contribution in [-0.4, -0.2) is 41.2 Å². The number of nitrogens with two attached hydrogens (primary N) is 1. The predicted octanol–water partition coefficient (Wildman–Crippen LogP) is 4.88. The van der Waals surface area contributed by atoms with Crippen LogP contribution in [0.15, 0.2) is 59.3 Å². The van der Waals surface area contributed by atoms with Crippen molar-refractivity contribution in [2.45, 2.75) is 69.5 Å². The first-order chi connectivity index (χ1) is 18.2. The number of rotatable bonds is 7. The van der Waals surface area contributed by atoms with Crippen LogP contribution in [0.1, 0.15) is 45.6 Å². The fourth-order valence-electron chi connectivity index (χ4n) is 4.98. The summed E-state index contributed by atoms with van der Waals surface area (Å²) in [5.41, 5.74) is 10.6. The summed E-state index contributed by atoms with van der Waals surface area (Å²) in [6.45, 7) is 6.09. The van der Waals surface area contributed by atoms with Crippen molar-refractivity contribution >= 4 is 33.1 Å². The number of hydrogen-bond donors (Lipinski definition) is 3. The van der Waals surface area contributed by atoms with Crippen molar-refractivity contribution < 1.29 is 19.4 Å². The summed E-state index contributed by atoms with van der Waals surface area (Å²) >= 11 is 0. The molecule has 4 N–H and O–H groups in total. The van der Waals surface area contributed by atoms with E-state index >= 15 is 0 Å². The minimum Gasteiger partial charge on any atom is -0.396 e. The van der Waals surface area contributed by atoms with Crippen molar-refractivity contribution in [2.24, 2.45) is 11.7 Å². The van der Waals surface area contributed by atoms with E-state index in [1.807, 2.05) is 19.9 Å². The Labute approximate surface area is 233 Å². The molecule has 4 rings (SSSR count). The Morgan fingerprint density at radius 1 is 1.34 bits per heavy atom. The zero-order valence-electron chi connectivity index (χ0n) is 21.9. The molecule has 0 spiro atoms. The molecular formula is C30H34N2O4S2. The highest BCUT2D eigenvalue weighted by molar-refractivity contribution is 8.77. The molecule has 3 aliphatic rings. The number of aliphatic hydroxyl groups is 1. The Kier molecular flexibility index (Phi) is 9.36. The van der Waals surface area contributed by atoms with Gasteiger partial charge in [-0.1, -0.05) is 70.5 Å². The van der Waals surface area contributed by atoms with Gasteiger partial charge in [0.15, 0.2) is 12.1 Å². The quantitative estimate of drug-likeness (QED) is 0.251. The predicted molar refractivity (Wildman–Crippen MR) is 156 cm³/mol. The lowest BCUT2D eigenvalue weighted by molar-refractivity contribution is -0.216. The third-order valence-corrected chi connectivity index (χ3v) is 9.65. The summed E-state index contributed by atoms with van der Waals surface area (Å²) in [5.74, 6) is 8.95. The van der Waals surface area contributed by atoms with E-state index < -0.39 is 18.5 Å². The fourth-order valence-corrected chi connectivity index (χ4v) is 7.46. The van der Waals surface area contributed by atoms with Crippen LogP contribution in [-0.2, 0) is 19.1 Å². The van der Waals surface area contributed by atoms with Crippen LogP contribution >= 0.6 is 21.6 Å². The molecule has 0 radical (unpaired) electrons. The van der Waals surface area contributed by atoms with Crippen molar-refractivity contribution in [3.8, 4) is 24.2 Å². The topological polar surface area (TPSA) is 93.8 Å². The number of para-hydroxylation sites is 1. The van der Waals surface area contributed by atoms with Gasteiger partial charge < -0.3 is 25.6 Å².